The number of para-hydroxylation sites is 1. The Hall–Kier alpha value is -4.27. The highest BCUT2D eigenvalue weighted by molar-refractivity contribution is 5.92. The molecule has 0 fully saturated rings. The molecular formula is C22H16O9. The van der Waals surface area contributed by atoms with E-state index in [1.54, 1.807) is 12.1 Å². The number of hydrogen-bond acceptors (Lipinski definition) is 9. The van der Waals surface area contributed by atoms with Gasteiger partial charge in [0.2, 0.25) is 0 Å². The van der Waals surface area contributed by atoms with Crippen molar-refractivity contribution < 1.29 is 33.7 Å². The van der Waals surface area contributed by atoms with Gasteiger partial charge in [-0.3, -0.25) is 4.79 Å². The molecule has 9 nitrogen and oxygen atoms in total. The van der Waals surface area contributed by atoms with E-state index in [0.717, 1.165) is 6.07 Å². The van der Waals surface area contributed by atoms with Crippen LogP contribution in [0.4, 0.5) is 0 Å². The second kappa shape index (κ2) is 7.52. The third kappa shape index (κ3) is 3.25. The highest BCUT2D eigenvalue weighted by atomic mass is 16.5. The first-order valence-corrected chi connectivity index (χ1v) is 9.23. The van der Waals surface area contributed by atoms with Gasteiger partial charge >= 0.3 is 17.2 Å². The minimum absolute atomic E-state index is 0.00589. The number of carbonyl (C=O) groups excluding carboxylic acids is 1. The molecule has 0 aliphatic carbocycles. The Morgan fingerprint density at radius 2 is 1.48 bits per heavy atom. The van der Waals surface area contributed by atoms with E-state index in [1.807, 2.05) is 0 Å². The van der Waals surface area contributed by atoms with Gasteiger partial charge in [0.15, 0.2) is 0 Å². The number of rotatable bonds is 4. The largest absolute Gasteiger partial charge is 0.508 e. The summed E-state index contributed by atoms with van der Waals surface area (Å²) in [4.78, 5) is 38.3. The lowest BCUT2D eigenvalue weighted by atomic mass is 9.90. The number of carbonyl (C=O) groups is 1. The number of esters is 1. The number of ether oxygens (including phenoxy) is 1. The van der Waals surface area contributed by atoms with Crippen LogP contribution in [0.2, 0.25) is 0 Å². The monoisotopic (exact) mass is 424 g/mol. The molecule has 2 aromatic heterocycles. The molecule has 0 bridgehead atoms. The molecule has 9 heteroatoms. The highest BCUT2D eigenvalue weighted by Crippen LogP contribution is 2.39. The first-order chi connectivity index (χ1) is 14.8. The van der Waals surface area contributed by atoms with Crippen LogP contribution in [0.25, 0.3) is 21.9 Å². The number of fused-ring (bicyclic) bond motifs is 2. The zero-order valence-electron chi connectivity index (χ0n) is 16.1. The number of aromatic hydroxyl groups is 3. The van der Waals surface area contributed by atoms with Crippen LogP contribution >= 0.6 is 0 Å². The number of phenolic OH excluding ortho intramolecular Hbond substituents is 1. The maximum absolute atomic E-state index is 12.8. The van der Waals surface area contributed by atoms with Crippen molar-refractivity contribution in [1.29, 1.82) is 0 Å². The normalized spacial score (nSPS) is 12.2. The molecule has 0 saturated carbocycles. The van der Waals surface area contributed by atoms with Crippen molar-refractivity contribution in [3.8, 4) is 17.2 Å². The van der Waals surface area contributed by atoms with E-state index in [9.17, 15) is 29.7 Å². The summed E-state index contributed by atoms with van der Waals surface area (Å²) in [5, 5.41) is 31.3. The van der Waals surface area contributed by atoms with Gasteiger partial charge in [0.05, 0.1) is 28.5 Å². The van der Waals surface area contributed by atoms with Crippen LogP contribution in [-0.2, 0) is 9.53 Å². The fourth-order valence-corrected chi connectivity index (χ4v) is 3.45. The predicted octanol–water partition coefficient (Wildman–Crippen LogP) is 2.71. The van der Waals surface area contributed by atoms with E-state index in [4.69, 9.17) is 13.6 Å². The third-order valence-electron chi connectivity index (χ3n) is 4.82. The Bertz CT molecular complexity index is 1450. The number of benzene rings is 2. The molecule has 158 valence electrons. The smallest absolute Gasteiger partial charge is 0.344 e. The van der Waals surface area contributed by atoms with Crippen molar-refractivity contribution >= 4 is 27.9 Å². The zero-order chi connectivity index (χ0) is 22.3. The second-order valence-electron chi connectivity index (χ2n) is 6.67. The molecule has 0 aliphatic rings. The quantitative estimate of drug-likeness (QED) is 0.332. The molecule has 0 spiro atoms. The summed E-state index contributed by atoms with van der Waals surface area (Å²) in [6.45, 7) is 1.42. The number of hydrogen-bond donors (Lipinski definition) is 3. The summed E-state index contributed by atoms with van der Waals surface area (Å²) in [6.07, 6.45) is 0. The van der Waals surface area contributed by atoms with Gasteiger partial charge in [-0.25, -0.2) is 9.59 Å². The van der Waals surface area contributed by atoms with Crippen molar-refractivity contribution in [3.63, 3.8) is 0 Å². The Morgan fingerprint density at radius 1 is 0.903 bits per heavy atom. The Balaban J connectivity index is 2.08. The Morgan fingerprint density at radius 3 is 2.13 bits per heavy atom. The Kier molecular flexibility index (Phi) is 4.86. The zero-order valence-corrected chi connectivity index (χ0v) is 16.1. The molecule has 0 aliphatic heterocycles. The van der Waals surface area contributed by atoms with Gasteiger partial charge in [0.1, 0.15) is 34.3 Å². The van der Waals surface area contributed by atoms with Gasteiger partial charge < -0.3 is 28.9 Å². The lowest BCUT2D eigenvalue weighted by Crippen LogP contribution is -2.27. The minimum Gasteiger partial charge on any atom is -0.508 e. The van der Waals surface area contributed by atoms with Gasteiger partial charge in [-0.05, 0) is 31.2 Å². The lowest BCUT2D eigenvalue weighted by Gasteiger charge is -2.17. The van der Waals surface area contributed by atoms with Crippen molar-refractivity contribution in [2.45, 2.75) is 12.8 Å². The first-order valence-electron chi connectivity index (χ1n) is 9.23. The first kappa shape index (κ1) is 20.0. The topological polar surface area (TPSA) is 147 Å². The van der Waals surface area contributed by atoms with Crippen LogP contribution < -0.4 is 11.3 Å². The number of phenols is 1. The van der Waals surface area contributed by atoms with Gasteiger partial charge in [-0.15, -0.1) is 0 Å². The average molecular weight is 424 g/mol. The van der Waals surface area contributed by atoms with Crippen LogP contribution in [0.3, 0.4) is 0 Å². The van der Waals surface area contributed by atoms with Crippen LogP contribution in [-0.4, -0.2) is 27.9 Å². The van der Waals surface area contributed by atoms with Crippen molar-refractivity contribution in [1.82, 2.24) is 0 Å². The molecule has 0 saturated heterocycles. The molecule has 0 radical (unpaired) electrons. The van der Waals surface area contributed by atoms with Gasteiger partial charge in [-0.2, -0.15) is 0 Å². The SMILES string of the molecule is CCOC(=O)[C@H](c1c(O)c2ccccc2oc1=O)c1c(O)c2ccc(O)cc2oc1=O. The van der Waals surface area contributed by atoms with Crippen LogP contribution in [0, 0.1) is 0 Å². The summed E-state index contributed by atoms with van der Waals surface area (Å²) < 4.78 is 15.4. The average Bonchev–Trinajstić information content (AvgIpc) is 2.72. The summed E-state index contributed by atoms with van der Waals surface area (Å²) in [7, 11) is 0. The van der Waals surface area contributed by atoms with E-state index < -0.39 is 45.8 Å². The standard InChI is InChI=1S/C22H16O9/c1-2-29-20(26)15(16-18(24)11-5-3-4-6-13(11)30-21(16)27)17-19(25)12-8-7-10(23)9-14(12)31-22(17)28/h3-9,15,23-25H,2H2,1H3/t15-/m1/s1. The highest BCUT2D eigenvalue weighted by Gasteiger charge is 2.37. The lowest BCUT2D eigenvalue weighted by molar-refractivity contribution is -0.144. The van der Waals surface area contributed by atoms with E-state index in [1.165, 1.54) is 31.2 Å². The summed E-state index contributed by atoms with van der Waals surface area (Å²) in [6, 6.07) is 9.72. The summed E-state index contributed by atoms with van der Waals surface area (Å²) in [5.41, 5.74) is -3.47. The van der Waals surface area contributed by atoms with Crippen LogP contribution in [0.15, 0.2) is 60.9 Å². The molecule has 2 aromatic carbocycles. The molecule has 1 atom stereocenters. The van der Waals surface area contributed by atoms with Crippen molar-refractivity contribution in [3.05, 3.63) is 74.4 Å². The molecule has 4 rings (SSSR count). The fourth-order valence-electron chi connectivity index (χ4n) is 3.45. The van der Waals surface area contributed by atoms with Gasteiger partial charge in [-0.1, -0.05) is 12.1 Å². The molecule has 4 aromatic rings. The van der Waals surface area contributed by atoms with E-state index in [-0.39, 0.29) is 34.3 Å². The minimum atomic E-state index is -1.82. The van der Waals surface area contributed by atoms with Crippen LogP contribution in [0.1, 0.15) is 24.0 Å². The molecule has 31 heavy (non-hydrogen) atoms. The molecule has 0 unspecified atom stereocenters. The summed E-state index contributed by atoms with van der Waals surface area (Å²) in [5.74, 6) is -4.35. The molecular weight excluding hydrogens is 408 g/mol. The van der Waals surface area contributed by atoms with Crippen molar-refractivity contribution in [2.24, 2.45) is 0 Å². The van der Waals surface area contributed by atoms with E-state index in [2.05, 4.69) is 0 Å². The fraction of sp³-hybridized carbons (Fsp3) is 0.136. The summed E-state index contributed by atoms with van der Waals surface area (Å²) >= 11 is 0. The van der Waals surface area contributed by atoms with Gasteiger partial charge in [0.25, 0.3) is 0 Å². The maximum Gasteiger partial charge on any atom is 0.344 e. The van der Waals surface area contributed by atoms with E-state index >= 15 is 0 Å². The van der Waals surface area contributed by atoms with Crippen LogP contribution in [0.5, 0.6) is 17.2 Å². The molecule has 3 N–H and O–H groups in total. The molecule has 0 amide bonds. The van der Waals surface area contributed by atoms with Crippen molar-refractivity contribution in [2.75, 3.05) is 6.61 Å². The second-order valence-corrected chi connectivity index (χ2v) is 6.67. The molecule has 2 heterocycles. The maximum atomic E-state index is 12.8. The predicted molar refractivity (Wildman–Crippen MR) is 108 cm³/mol. The Labute approximate surface area is 173 Å². The van der Waals surface area contributed by atoms with E-state index in [0.29, 0.717) is 0 Å². The van der Waals surface area contributed by atoms with Gasteiger partial charge in [0, 0.05) is 6.07 Å². The third-order valence-corrected chi connectivity index (χ3v) is 4.82.